The van der Waals surface area contributed by atoms with Gasteiger partial charge in [0.1, 0.15) is 11.5 Å². The second kappa shape index (κ2) is 10.5. The summed E-state index contributed by atoms with van der Waals surface area (Å²) in [4.78, 5) is 13.5. The third-order valence-corrected chi connectivity index (χ3v) is 7.56. The maximum Gasteiger partial charge on any atom is 0.338 e. The smallest absolute Gasteiger partial charge is 0.338 e. The van der Waals surface area contributed by atoms with Crippen molar-refractivity contribution in [3.63, 3.8) is 0 Å². The van der Waals surface area contributed by atoms with Crippen LogP contribution in [-0.2, 0) is 0 Å². The molecule has 2 saturated carbocycles. The number of rotatable bonds is 5. The fraction of sp³-hybridized carbons (Fsp3) is 0.448. The molecule has 0 saturated heterocycles. The second-order valence-electron chi connectivity index (χ2n) is 9.77. The Kier molecular flexibility index (Phi) is 7.07. The van der Waals surface area contributed by atoms with Crippen molar-refractivity contribution in [2.75, 3.05) is 14.2 Å². The Morgan fingerprint density at radius 2 is 1.57 bits per heavy atom. The van der Waals surface area contributed by atoms with Crippen molar-refractivity contribution >= 4 is 17.8 Å². The number of carbonyl (C=O) groups is 1. The molecule has 2 unspecified atom stereocenters. The largest absolute Gasteiger partial charge is 0.497 e. The molecule has 1 heterocycles. The van der Waals surface area contributed by atoms with Gasteiger partial charge in [0.2, 0.25) is 0 Å². The van der Waals surface area contributed by atoms with E-state index < -0.39 is 0 Å². The Hall–Kier alpha value is -3.28. The summed E-state index contributed by atoms with van der Waals surface area (Å²) in [5.74, 6) is 1.84. The average Bonchev–Trinajstić information content (AvgIpc) is 3.31. The van der Waals surface area contributed by atoms with Crippen LogP contribution in [0.1, 0.15) is 68.5 Å². The molecule has 2 fully saturated rings. The zero-order chi connectivity index (χ0) is 24.2. The van der Waals surface area contributed by atoms with Crippen LogP contribution in [0.15, 0.2) is 59.2 Å². The van der Waals surface area contributed by atoms with E-state index in [0.717, 1.165) is 60.4 Å². The molecule has 0 radical (unpaired) electrons. The molecule has 184 valence electrons. The number of amides is 2. The van der Waals surface area contributed by atoms with Gasteiger partial charge >= 0.3 is 6.03 Å². The van der Waals surface area contributed by atoms with E-state index in [9.17, 15) is 4.79 Å². The highest BCUT2D eigenvalue weighted by Gasteiger charge is 2.44. The second-order valence-corrected chi connectivity index (χ2v) is 9.77. The van der Waals surface area contributed by atoms with Crippen LogP contribution in [0.25, 0.3) is 6.08 Å². The maximum atomic E-state index is 13.5. The number of hydrogen-bond acceptors (Lipinski definition) is 4. The number of methoxy groups -OCH3 is 2. The van der Waals surface area contributed by atoms with Crippen LogP contribution in [0.3, 0.4) is 0 Å². The highest BCUT2D eigenvalue weighted by molar-refractivity contribution is 6.08. The Morgan fingerprint density at radius 1 is 0.914 bits per heavy atom. The van der Waals surface area contributed by atoms with Crippen LogP contribution in [0.5, 0.6) is 11.5 Å². The van der Waals surface area contributed by atoms with E-state index in [1.807, 2.05) is 24.3 Å². The molecule has 3 aliphatic rings. The first kappa shape index (κ1) is 23.5. The first-order chi connectivity index (χ1) is 17.2. The summed E-state index contributed by atoms with van der Waals surface area (Å²) in [5.41, 5.74) is 4.49. The average molecular weight is 474 g/mol. The van der Waals surface area contributed by atoms with Crippen LogP contribution in [-0.4, -0.2) is 37.0 Å². The van der Waals surface area contributed by atoms with E-state index in [-0.39, 0.29) is 24.0 Å². The van der Waals surface area contributed by atoms with Crippen molar-refractivity contribution in [1.82, 2.24) is 10.3 Å². The van der Waals surface area contributed by atoms with E-state index >= 15 is 0 Å². The van der Waals surface area contributed by atoms with Gasteiger partial charge in [-0.05, 0) is 79.1 Å². The normalized spacial score (nSPS) is 23.5. The summed E-state index contributed by atoms with van der Waals surface area (Å²) in [5, 5.41) is 10.0. The molecule has 2 amide bonds. The van der Waals surface area contributed by atoms with Crippen LogP contribution in [0.2, 0.25) is 0 Å². The van der Waals surface area contributed by atoms with Crippen LogP contribution < -0.4 is 14.8 Å². The molecule has 2 aromatic carbocycles. The zero-order valence-corrected chi connectivity index (χ0v) is 20.7. The van der Waals surface area contributed by atoms with Crippen LogP contribution in [0.4, 0.5) is 4.79 Å². The quantitative estimate of drug-likeness (QED) is 0.551. The van der Waals surface area contributed by atoms with Crippen LogP contribution >= 0.6 is 0 Å². The highest BCUT2D eigenvalue weighted by Crippen LogP contribution is 2.44. The minimum absolute atomic E-state index is 0.0802. The standard InChI is InChI=1S/C29H35N3O3/c1-34-24-15-11-20(12-16-24)19-22-7-6-10-26-27(22)31-32(29(33)30-23-8-4-3-5-9-23)28(26)21-13-17-25(35-2)18-14-21/h11-19,23,26,28H,3-10H2,1-2H3,(H,30,33)/b22-19+. The lowest BCUT2D eigenvalue weighted by atomic mass is 9.77. The number of fused-ring (bicyclic) bond motifs is 1. The molecule has 0 aromatic heterocycles. The van der Waals surface area contributed by atoms with E-state index in [2.05, 4.69) is 35.7 Å². The minimum Gasteiger partial charge on any atom is -0.497 e. The molecule has 1 N–H and O–H groups in total. The molecule has 2 aliphatic carbocycles. The number of allylic oxidation sites excluding steroid dienone is 1. The SMILES string of the molecule is COc1ccc(/C=C2\CCCC3C2=NN(C(=O)NC2CCCCC2)C3c2ccc(OC)cc2)cc1. The van der Waals surface area contributed by atoms with Gasteiger partial charge in [0, 0.05) is 12.0 Å². The predicted octanol–water partition coefficient (Wildman–Crippen LogP) is 6.34. The summed E-state index contributed by atoms with van der Waals surface area (Å²) in [6.07, 6.45) is 11.0. The Morgan fingerprint density at radius 3 is 2.23 bits per heavy atom. The Bertz CT molecular complexity index is 1090. The van der Waals surface area contributed by atoms with Gasteiger partial charge in [0.25, 0.3) is 0 Å². The van der Waals surface area contributed by atoms with Crippen molar-refractivity contribution in [3.8, 4) is 11.5 Å². The Balaban J connectivity index is 1.47. The van der Waals surface area contributed by atoms with Gasteiger partial charge in [-0.3, -0.25) is 0 Å². The summed E-state index contributed by atoms with van der Waals surface area (Å²) < 4.78 is 10.7. The van der Waals surface area contributed by atoms with E-state index in [0.29, 0.717) is 0 Å². The number of carbonyl (C=O) groups excluding carboxylic acids is 1. The van der Waals surface area contributed by atoms with Gasteiger partial charge in [-0.1, -0.05) is 43.5 Å². The lowest BCUT2D eigenvalue weighted by Crippen LogP contribution is -2.44. The molecule has 2 atom stereocenters. The number of urea groups is 1. The molecular weight excluding hydrogens is 438 g/mol. The number of nitrogens with one attached hydrogen (secondary N) is 1. The fourth-order valence-electron chi connectivity index (χ4n) is 5.69. The van der Waals surface area contributed by atoms with Crippen molar-refractivity contribution in [2.45, 2.75) is 63.5 Å². The van der Waals surface area contributed by atoms with Crippen molar-refractivity contribution < 1.29 is 14.3 Å². The molecule has 6 nitrogen and oxygen atoms in total. The topological polar surface area (TPSA) is 63.2 Å². The summed E-state index contributed by atoms with van der Waals surface area (Å²) >= 11 is 0. The van der Waals surface area contributed by atoms with Gasteiger partial charge in [0.05, 0.1) is 26.0 Å². The predicted molar refractivity (Wildman–Crippen MR) is 139 cm³/mol. The van der Waals surface area contributed by atoms with Gasteiger partial charge in [-0.15, -0.1) is 0 Å². The first-order valence-electron chi connectivity index (χ1n) is 12.8. The first-order valence-corrected chi connectivity index (χ1v) is 12.8. The number of benzene rings is 2. The Labute approximate surface area is 208 Å². The molecular formula is C29H35N3O3. The van der Waals surface area contributed by atoms with Crippen molar-refractivity contribution in [1.29, 1.82) is 0 Å². The number of nitrogens with zero attached hydrogens (tertiary/aromatic N) is 2. The lowest BCUT2D eigenvalue weighted by Gasteiger charge is -2.31. The molecule has 0 bridgehead atoms. The summed E-state index contributed by atoms with van der Waals surface area (Å²) in [7, 11) is 3.35. The van der Waals surface area contributed by atoms with Crippen LogP contribution in [0, 0.1) is 5.92 Å². The van der Waals surface area contributed by atoms with Gasteiger partial charge in [-0.25, -0.2) is 9.80 Å². The number of ether oxygens (including phenoxy) is 2. The minimum atomic E-state index is -0.112. The fourth-order valence-corrected chi connectivity index (χ4v) is 5.69. The van der Waals surface area contributed by atoms with Gasteiger partial charge < -0.3 is 14.8 Å². The molecule has 0 spiro atoms. The molecule has 1 aliphatic heterocycles. The summed E-state index contributed by atoms with van der Waals surface area (Å²) in [6.45, 7) is 0. The zero-order valence-electron chi connectivity index (χ0n) is 20.7. The summed E-state index contributed by atoms with van der Waals surface area (Å²) in [6, 6.07) is 16.2. The highest BCUT2D eigenvalue weighted by atomic mass is 16.5. The van der Waals surface area contributed by atoms with E-state index in [1.54, 1.807) is 19.2 Å². The van der Waals surface area contributed by atoms with Gasteiger partial charge in [-0.2, -0.15) is 5.10 Å². The number of hydrogen-bond donors (Lipinski definition) is 1. The maximum absolute atomic E-state index is 13.5. The molecule has 35 heavy (non-hydrogen) atoms. The molecule has 6 heteroatoms. The van der Waals surface area contributed by atoms with Crippen molar-refractivity contribution in [2.24, 2.45) is 11.0 Å². The van der Waals surface area contributed by atoms with Crippen molar-refractivity contribution in [3.05, 3.63) is 65.2 Å². The monoisotopic (exact) mass is 473 g/mol. The van der Waals surface area contributed by atoms with E-state index in [1.165, 1.54) is 24.8 Å². The molecule has 5 rings (SSSR count). The third-order valence-electron chi connectivity index (χ3n) is 7.56. The van der Waals surface area contributed by atoms with Gasteiger partial charge in [0.15, 0.2) is 0 Å². The lowest BCUT2D eigenvalue weighted by molar-refractivity contribution is 0.167. The number of hydrazone groups is 1. The third kappa shape index (κ3) is 5.07. The molecule has 2 aromatic rings. The van der Waals surface area contributed by atoms with E-state index in [4.69, 9.17) is 14.6 Å².